The number of anilines is 1. The second kappa shape index (κ2) is 5.53. The number of aromatic nitrogens is 1. The highest BCUT2D eigenvalue weighted by Crippen LogP contribution is 2.18. The zero-order valence-corrected chi connectivity index (χ0v) is 11.2. The minimum Gasteiger partial charge on any atom is -0.487 e. The normalized spacial score (nSPS) is 10.7. The molecule has 0 radical (unpaired) electrons. The largest absolute Gasteiger partial charge is 0.487 e. The number of pyridine rings is 1. The summed E-state index contributed by atoms with van der Waals surface area (Å²) in [5.74, 6) is 0.954. The van der Waals surface area contributed by atoms with Gasteiger partial charge in [-0.1, -0.05) is 6.58 Å². The summed E-state index contributed by atoms with van der Waals surface area (Å²) in [5.41, 5.74) is -0.0167. The quantitative estimate of drug-likeness (QED) is 0.800. The lowest BCUT2D eigenvalue weighted by molar-refractivity contribution is -0.116. The van der Waals surface area contributed by atoms with Gasteiger partial charge in [-0.3, -0.25) is 4.79 Å². The molecule has 0 aliphatic carbocycles. The van der Waals surface area contributed by atoms with Crippen molar-refractivity contribution in [2.24, 2.45) is 0 Å². The van der Waals surface area contributed by atoms with Crippen molar-refractivity contribution in [3.05, 3.63) is 30.6 Å². The van der Waals surface area contributed by atoms with E-state index in [-0.39, 0.29) is 17.2 Å². The molecule has 2 N–H and O–H groups in total. The molecule has 18 heavy (non-hydrogen) atoms. The molecule has 0 aliphatic heterocycles. The van der Waals surface area contributed by atoms with Gasteiger partial charge in [0.25, 0.3) is 5.91 Å². The van der Waals surface area contributed by atoms with Crippen LogP contribution in [0.1, 0.15) is 20.8 Å². The van der Waals surface area contributed by atoms with Gasteiger partial charge >= 0.3 is 0 Å². The molecule has 0 saturated carbocycles. The Morgan fingerprint density at radius 1 is 1.39 bits per heavy atom. The first-order chi connectivity index (χ1) is 8.31. The number of carbonyl (C=O) groups excluding carboxylic acids is 1. The van der Waals surface area contributed by atoms with Gasteiger partial charge in [0, 0.05) is 7.05 Å². The Morgan fingerprint density at radius 2 is 2.06 bits per heavy atom. The van der Waals surface area contributed by atoms with Crippen LogP contribution in [0.5, 0.6) is 5.75 Å². The van der Waals surface area contributed by atoms with E-state index < -0.39 is 0 Å². The van der Waals surface area contributed by atoms with Crippen molar-refractivity contribution < 1.29 is 9.53 Å². The summed E-state index contributed by atoms with van der Waals surface area (Å²) in [7, 11) is 1.54. The molecule has 0 fully saturated rings. The highest BCUT2D eigenvalue weighted by atomic mass is 16.5. The molecule has 0 aliphatic rings. The SMILES string of the molecule is C=C(Nc1ccc(OC(C)(C)C)cn1)C(=O)NC. The van der Waals surface area contributed by atoms with E-state index >= 15 is 0 Å². The van der Waals surface area contributed by atoms with Crippen molar-refractivity contribution in [2.45, 2.75) is 26.4 Å². The Bertz CT molecular complexity index is 433. The van der Waals surface area contributed by atoms with E-state index in [1.165, 1.54) is 0 Å². The standard InChI is InChI=1S/C13H19N3O2/c1-9(12(17)14-5)16-11-7-6-10(8-15-11)18-13(2,3)4/h6-8H,1H2,2-5H3,(H,14,17)(H,15,16). The predicted octanol–water partition coefficient (Wildman–Crippen LogP) is 1.93. The van der Waals surface area contributed by atoms with Crippen LogP contribution in [0.15, 0.2) is 30.6 Å². The first-order valence-corrected chi connectivity index (χ1v) is 5.65. The molecule has 0 saturated heterocycles. The smallest absolute Gasteiger partial charge is 0.266 e. The molecule has 5 nitrogen and oxygen atoms in total. The number of carbonyl (C=O) groups is 1. The summed E-state index contributed by atoms with van der Waals surface area (Å²) in [6.45, 7) is 9.50. The molecule has 1 rings (SSSR count). The van der Waals surface area contributed by atoms with Crippen LogP contribution in [0.25, 0.3) is 0 Å². The number of rotatable bonds is 4. The van der Waals surface area contributed by atoms with Crippen LogP contribution in [-0.2, 0) is 4.79 Å². The third-order valence-corrected chi connectivity index (χ3v) is 1.94. The van der Waals surface area contributed by atoms with Gasteiger partial charge in [-0.25, -0.2) is 4.98 Å². The first-order valence-electron chi connectivity index (χ1n) is 5.65. The fourth-order valence-electron chi connectivity index (χ4n) is 1.23. The van der Waals surface area contributed by atoms with E-state index in [1.54, 1.807) is 25.4 Å². The van der Waals surface area contributed by atoms with Gasteiger partial charge in [0.1, 0.15) is 17.2 Å². The lowest BCUT2D eigenvalue weighted by atomic mass is 10.2. The fourth-order valence-corrected chi connectivity index (χ4v) is 1.23. The van der Waals surface area contributed by atoms with Gasteiger partial charge in [0.15, 0.2) is 0 Å². The van der Waals surface area contributed by atoms with E-state index in [2.05, 4.69) is 22.2 Å². The molecular formula is C13H19N3O2. The summed E-state index contributed by atoms with van der Waals surface area (Å²) in [6, 6.07) is 3.52. The van der Waals surface area contributed by atoms with Gasteiger partial charge in [-0.05, 0) is 32.9 Å². The second-order valence-electron chi connectivity index (χ2n) is 4.78. The molecule has 0 spiro atoms. The minimum atomic E-state index is -0.271. The molecule has 1 aromatic heterocycles. The number of hydrogen-bond donors (Lipinski definition) is 2. The Balaban J connectivity index is 2.66. The lowest BCUT2D eigenvalue weighted by Gasteiger charge is -2.21. The molecule has 0 bridgehead atoms. The topological polar surface area (TPSA) is 63.2 Å². The van der Waals surface area contributed by atoms with Gasteiger partial charge in [-0.15, -0.1) is 0 Å². The van der Waals surface area contributed by atoms with Crippen LogP contribution >= 0.6 is 0 Å². The number of nitrogens with zero attached hydrogens (tertiary/aromatic N) is 1. The maximum Gasteiger partial charge on any atom is 0.266 e. The van der Waals surface area contributed by atoms with Crippen molar-refractivity contribution >= 4 is 11.7 Å². The fraction of sp³-hybridized carbons (Fsp3) is 0.385. The number of ether oxygens (including phenoxy) is 1. The van der Waals surface area contributed by atoms with Crippen LogP contribution in [0.3, 0.4) is 0 Å². The minimum absolute atomic E-state index is 0.245. The molecule has 98 valence electrons. The van der Waals surface area contributed by atoms with Crippen molar-refractivity contribution in [3.63, 3.8) is 0 Å². The third-order valence-electron chi connectivity index (χ3n) is 1.94. The average Bonchev–Trinajstić information content (AvgIpc) is 2.28. The zero-order chi connectivity index (χ0) is 13.8. The van der Waals surface area contributed by atoms with Crippen molar-refractivity contribution in [1.29, 1.82) is 0 Å². The molecule has 0 unspecified atom stereocenters. The van der Waals surface area contributed by atoms with E-state index in [0.29, 0.717) is 11.6 Å². The van der Waals surface area contributed by atoms with E-state index in [4.69, 9.17) is 4.74 Å². The Kier molecular flexibility index (Phi) is 4.31. The van der Waals surface area contributed by atoms with Gasteiger partial charge in [0.2, 0.25) is 0 Å². The second-order valence-corrected chi connectivity index (χ2v) is 4.78. The zero-order valence-electron chi connectivity index (χ0n) is 11.2. The van der Waals surface area contributed by atoms with E-state index in [1.807, 2.05) is 20.8 Å². The maximum absolute atomic E-state index is 11.2. The van der Waals surface area contributed by atoms with Gasteiger partial charge in [-0.2, -0.15) is 0 Å². The molecule has 0 aromatic carbocycles. The molecule has 1 amide bonds. The van der Waals surface area contributed by atoms with Crippen molar-refractivity contribution in [3.8, 4) is 5.75 Å². The van der Waals surface area contributed by atoms with Crippen LogP contribution in [0.4, 0.5) is 5.82 Å². The maximum atomic E-state index is 11.2. The molecule has 1 aromatic rings. The first kappa shape index (κ1) is 14.0. The van der Waals surface area contributed by atoms with Gasteiger partial charge < -0.3 is 15.4 Å². The Morgan fingerprint density at radius 3 is 2.50 bits per heavy atom. The lowest BCUT2D eigenvalue weighted by Crippen LogP contribution is -2.24. The monoisotopic (exact) mass is 249 g/mol. The summed E-state index contributed by atoms with van der Waals surface area (Å²) in [6.07, 6.45) is 1.60. The number of likely N-dealkylation sites (N-methyl/N-ethyl adjacent to an activating group) is 1. The highest BCUT2D eigenvalue weighted by Gasteiger charge is 2.12. The molecule has 1 heterocycles. The summed E-state index contributed by atoms with van der Waals surface area (Å²) in [5, 5.41) is 5.28. The Labute approximate surface area is 107 Å². The number of nitrogens with one attached hydrogen (secondary N) is 2. The van der Waals surface area contributed by atoms with E-state index in [9.17, 15) is 4.79 Å². The summed E-state index contributed by atoms with van der Waals surface area (Å²) in [4.78, 5) is 15.4. The van der Waals surface area contributed by atoms with E-state index in [0.717, 1.165) is 0 Å². The van der Waals surface area contributed by atoms with Crippen LogP contribution < -0.4 is 15.4 Å². The molecule has 0 atom stereocenters. The highest BCUT2D eigenvalue weighted by molar-refractivity contribution is 5.95. The third kappa shape index (κ3) is 4.45. The average molecular weight is 249 g/mol. The summed E-state index contributed by atoms with van der Waals surface area (Å²) >= 11 is 0. The number of amides is 1. The molecule has 5 heteroatoms. The molecular weight excluding hydrogens is 230 g/mol. The van der Waals surface area contributed by atoms with Crippen LogP contribution in [0, 0.1) is 0 Å². The summed E-state index contributed by atoms with van der Waals surface area (Å²) < 4.78 is 5.64. The predicted molar refractivity (Wildman–Crippen MR) is 71.4 cm³/mol. The van der Waals surface area contributed by atoms with Crippen molar-refractivity contribution in [2.75, 3.05) is 12.4 Å². The number of hydrogen-bond acceptors (Lipinski definition) is 4. The van der Waals surface area contributed by atoms with Crippen LogP contribution in [-0.4, -0.2) is 23.5 Å². The van der Waals surface area contributed by atoms with Gasteiger partial charge in [0.05, 0.1) is 11.9 Å². The van der Waals surface area contributed by atoms with Crippen LogP contribution in [0.2, 0.25) is 0 Å². The van der Waals surface area contributed by atoms with Crippen molar-refractivity contribution in [1.82, 2.24) is 10.3 Å². The Hall–Kier alpha value is -2.04.